The summed E-state index contributed by atoms with van der Waals surface area (Å²) in [7, 11) is 0. The van der Waals surface area contributed by atoms with Crippen LogP contribution in [0.15, 0.2) is 17.1 Å². The van der Waals surface area contributed by atoms with Crippen molar-refractivity contribution < 1.29 is 5.11 Å². The van der Waals surface area contributed by atoms with Crippen LogP contribution >= 0.6 is 0 Å². The zero-order chi connectivity index (χ0) is 15.9. The average Bonchev–Trinajstić information content (AvgIpc) is 2.96. The second-order valence-electron chi connectivity index (χ2n) is 6.34. The summed E-state index contributed by atoms with van der Waals surface area (Å²) in [5.41, 5.74) is 0. The zero-order valence-electron chi connectivity index (χ0n) is 14.6. The van der Waals surface area contributed by atoms with Crippen LogP contribution in [0.3, 0.4) is 0 Å². The lowest BCUT2D eigenvalue weighted by Gasteiger charge is -2.21. The number of aliphatic imine (C=N–C) groups is 1. The van der Waals surface area contributed by atoms with E-state index in [2.05, 4.69) is 29.0 Å². The molecular weight excluding hydrogens is 272 g/mol. The van der Waals surface area contributed by atoms with Gasteiger partial charge in [-0.2, -0.15) is 0 Å². The van der Waals surface area contributed by atoms with Crippen molar-refractivity contribution in [3.05, 3.63) is 12.2 Å². The number of aliphatic hydroxyl groups is 1. The monoisotopic (exact) mass is 308 g/mol. The molecule has 0 aromatic heterocycles. The van der Waals surface area contributed by atoms with Crippen molar-refractivity contribution in [2.45, 2.75) is 83.7 Å². The predicted molar refractivity (Wildman–Crippen MR) is 96.5 cm³/mol. The Kier molecular flexibility index (Phi) is 12.3. The molecule has 0 amide bonds. The molecule has 128 valence electrons. The first-order chi connectivity index (χ1) is 10.9. The molecular formula is C19H36N2O. The summed E-state index contributed by atoms with van der Waals surface area (Å²) in [5, 5.41) is 9.01. The Morgan fingerprint density at radius 1 is 1.05 bits per heavy atom. The molecule has 0 saturated heterocycles. The van der Waals surface area contributed by atoms with E-state index in [1.54, 1.807) is 0 Å². The van der Waals surface area contributed by atoms with Gasteiger partial charge in [-0.3, -0.25) is 9.89 Å². The number of hydrogen-bond donors (Lipinski definition) is 1. The molecule has 0 aliphatic carbocycles. The second-order valence-corrected chi connectivity index (χ2v) is 6.34. The molecule has 1 unspecified atom stereocenters. The Labute approximate surface area is 137 Å². The standard InChI is InChI=1S/C19H36N2O/c1-2-3-4-5-6-7-8-9-10-11-12-13-14-19-20-15-16-21(19)17-18-22/h10-11,15,19,22H,2-9,12-14,16-18H2,1H3/b11-10+. The lowest BCUT2D eigenvalue weighted by Crippen LogP contribution is -2.32. The van der Waals surface area contributed by atoms with Gasteiger partial charge in [-0.15, -0.1) is 0 Å². The van der Waals surface area contributed by atoms with E-state index >= 15 is 0 Å². The molecule has 0 spiro atoms. The summed E-state index contributed by atoms with van der Waals surface area (Å²) in [4.78, 5) is 6.74. The van der Waals surface area contributed by atoms with Gasteiger partial charge in [0.15, 0.2) is 0 Å². The largest absolute Gasteiger partial charge is 0.395 e. The summed E-state index contributed by atoms with van der Waals surface area (Å²) in [6.45, 7) is 4.16. The first kappa shape index (κ1) is 19.4. The van der Waals surface area contributed by atoms with Gasteiger partial charge < -0.3 is 5.11 Å². The van der Waals surface area contributed by atoms with Gasteiger partial charge in [-0.05, 0) is 32.1 Å². The third-order valence-electron chi connectivity index (χ3n) is 4.38. The number of allylic oxidation sites excluding steroid dienone is 2. The molecule has 1 N–H and O–H groups in total. The highest BCUT2D eigenvalue weighted by Crippen LogP contribution is 2.14. The van der Waals surface area contributed by atoms with Crippen LogP contribution in [0, 0.1) is 0 Å². The van der Waals surface area contributed by atoms with E-state index in [-0.39, 0.29) is 6.61 Å². The van der Waals surface area contributed by atoms with E-state index in [0.29, 0.717) is 6.17 Å². The first-order valence-electron chi connectivity index (χ1n) is 9.40. The van der Waals surface area contributed by atoms with Gasteiger partial charge in [0.05, 0.1) is 6.61 Å². The van der Waals surface area contributed by atoms with Crippen molar-refractivity contribution >= 4 is 6.21 Å². The minimum Gasteiger partial charge on any atom is -0.395 e. The van der Waals surface area contributed by atoms with E-state index in [0.717, 1.165) is 25.9 Å². The Morgan fingerprint density at radius 3 is 2.45 bits per heavy atom. The van der Waals surface area contributed by atoms with Crippen molar-refractivity contribution in [1.29, 1.82) is 0 Å². The smallest absolute Gasteiger partial charge is 0.102 e. The number of hydrogen-bond acceptors (Lipinski definition) is 3. The molecule has 0 radical (unpaired) electrons. The summed E-state index contributed by atoms with van der Waals surface area (Å²) < 4.78 is 0. The molecule has 3 heteroatoms. The first-order valence-corrected chi connectivity index (χ1v) is 9.40. The molecule has 0 fully saturated rings. The maximum atomic E-state index is 9.01. The lowest BCUT2D eigenvalue weighted by atomic mass is 10.1. The predicted octanol–water partition coefficient (Wildman–Crippen LogP) is 4.56. The highest BCUT2D eigenvalue weighted by atomic mass is 16.3. The maximum Gasteiger partial charge on any atom is 0.102 e. The van der Waals surface area contributed by atoms with E-state index < -0.39 is 0 Å². The number of unbranched alkanes of at least 4 members (excludes halogenated alkanes) is 8. The Morgan fingerprint density at radius 2 is 1.73 bits per heavy atom. The fourth-order valence-corrected chi connectivity index (χ4v) is 2.99. The minimum absolute atomic E-state index is 0.234. The van der Waals surface area contributed by atoms with E-state index in [9.17, 15) is 0 Å². The van der Waals surface area contributed by atoms with Gasteiger partial charge in [0.25, 0.3) is 0 Å². The maximum absolute atomic E-state index is 9.01. The normalized spacial score (nSPS) is 18.7. The van der Waals surface area contributed by atoms with Crippen molar-refractivity contribution in [2.75, 3.05) is 19.7 Å². The fraction of sp³-hybridized carbons (Fsp3) is 0.842. The number of nitrogens with zero attached hydrogens (tertiary/aromatic N) is 2. The topological polar surface area (TPSA) is 35.8 Å². The molecule has 1 aliphatic rings. The summed E-state index contributed by atoms with van der Waals surface area (Å²) in [6, 6.07) is 0. The molecule has 0 aromatic rings. The van der Waals surface area contributed by atoms with Crippen LogP contribution in [0.5, 0.6) is 0 Å². The molecule has 1 rings (SSSR count). The Hall–Kier alpha value is -0.670. The molecule has 1 aliphatic heterocycles. The van der Waals surface area contributed by atoms with Crippen LogP contribution in [0.25, 0.3) is 0 Å². The van der Waals surface area contributed by atoms with Crippen LogP contribution in [-0.4, -0.2) is 42.1 Å². The Bertz CT molecular complexity index is 302. The van der Waals surface area contributed by atoms with Gasteiger partial charge in [0.2, 0.25) is 0 Å². The van der Waals surface area contributed by atoms with E-state index in [1.807, 2.05) is 6.21 Å². The Balaban J connectivity index is 1.89. The quantitative estimate of drug-likeness (QED) is 0.377. The van der Waals surface area contributed by atoms with Gasteiger partial charge >= 0.3 is 0 Å². The van der Waals surface area contributed by atoms with Crippen molar-refractivity contribution in [1.82, 2.24) is 4.90 Å². The van der Waals surface area contributed by atoms with Crippen LogP contribution in [0.4, 0.5) is 0 Å². The molecule has 0 saturated carbocycles. The van der Waals surface area contributed by atoms with Crippen LogP contribution in [-0.2, 0) is 0 Å². The van der Waals surface area contributed by atoms with Gasteiger partial charge in [-0.25, -0.2) is 0 Å². The lowest BCUT2D eigenvalue weighted by molar-refractivity contribution is 0.177. The summed E-state index contributed by atoms with van der Waals surface area (Å²) in [5.74, 6) is 0. The number of aliphatic hydroxyl groups excluding tert-OH is 1. The SMILES string of the molecule is CCCCCCCCC/C=C/CCCC1N=CCN1CCO. The second kappa shape index (κ2) is 14.0. The zero-order valence-corrected chi connectivity index (χ0v) is 14.6. The van der Waals surface area contributed by atoms with Gasteiger partial charge in [-0.1, -0.05) is 57.6 Å². The molecule has 0 bridgehead atoms. The molecule has 22 heavy (non-hydrogen) atoms. The minimum atomic E-state index is 0.234. The van der Waals surface area contributed by atoms with Gasteiger partial charge in [0, 0.05) is 19.3 Å². The third-order valence-corrected chi connectivity index (χ3v) is 4.38. The molecule has 1 atom stereocenters. The highest BCUT2D eigenvalue weighted by Gasteiger charge is 2.19. The van der Waals surface area contributed by atoms with Crippen molar-refractivity contribution in [2.24, 2.45) is 4.99 Å². The van der Waals surface area contributed by atoms with Gasteiger partial charge in [0.1, 0.15) is 6.17 Å². The molecule has 0 aromatic carbocycles. The van der Waals surface area contributed by atoms with Crippen LogP contribution in [0.1, 0.15) is 77.6 Å². The summed E-state index contributed by atoms with van der Waals surface area (Å²) >= 11 is 0. The number of rotatable bonds is 14. The average molecular weight is 309 g/mol. The van der Waals surface area contributed by atoms with Crippen LogP contribution < -0.4 is 0 Å². The van der Waals surface area contributed by atoms with E-state index in [1.165, 1.54) is 57.8 Å². The number of β-amino-alcohol motifs (C(OH)–C–C–N with tert-alkyl or cyclic N) is 1. The highest BCUT2D eigenvalue weighted by molar-refractivity contribution is 5.62. The molecule has 3 nitrogen and oxygen atoms in total. The van der Waals surface area contributed by atoms with E-state index in [4.69, 9.17) is 5.11 Å². The van der Waals surface area contributed by atoms with Crippen molar-refractivity contribution in [3.8, 4) is 0 Å². The van der Waals surface area contributed by atoms with Crippen molar-refractivity contribution in [3.63, 3.8) is 0 Å². The third kappa shape index (κ3) is 9.37. The van der Waals surface area contributed by atoms with Crippen LogP contribution in [0.2, 0.25) is 0 Å². The summed E-state index contributed by atoms with van der Waals surface area (Å²) in [6.07, 6.45) is 21.4. The molecule has 1 heterocycles. The fourth-order valence-electron chi connectivity index (χ4n) is 2.99.